The molecule has 19 heavy (non-hydrogen) atoms. The third-order valence-electron chi connectivity index (χ3n) is 2.94. The van der Waals surface area contributed by atoms with Crippen LogP contribution >= 0.6 is 12.2 Å². The summed E-state index contributed by atoms with van der Waals surface area (Å²) in [5, 5.41) is 4.36. The molecule has 0 aliphatic rings. The Bertz CT molecular complexity index is 714. The average molecular weight is 267 g/mol. The molecule has 3 nitrogen and oxygen atoms in total. The first-order valence-corrected chi connectivity index (χ1v) is 6.49. The van der Waals surface area contributed by atoms with Crippen molar-refractivity contribution in [1.82, 2.24) is 14.3 Å². The van der Waals surface area contributed by atoms with Gasteiger partial charge in [-0.1, -0.05) is 48.5 Å². The molecule has 0 unspecified atom stereocenters. The van der Waals surface area contributed by atoms with Crippen LogP contribution in [0.25, 0.3) is 5.69 Å². The second-order valence-corrected chi connectivity index (χ2v) is 4.63. The molecule has 1 aromatic heterocycles. The Morgan fingerprint density at radius 3 is 2.21 bits per heavy atom. The molecule has 0 saturated carbocycles. The number of benzene rings is 2. The van der Waals surface area contributed by atoms with Crippen LogP contribution in [0.3, 0.4) is 0 Å². The number of hydrogen-bond donors (Lipinski definition) is 0. The zero-order chi connectivity index (χ0) is 13.1. The fourth-order valence-corrected chi connectivity index (χ4v) is 2.23. The molecule has 1 heterocycles. The van der Waals surface area contributed by atoms with E-state index in [-0.39, 0.29) is 0 Å². The van der Waals surface area contributed by atoms with Crippen molar-refractivity contribution < 1.29 is 0 Å². The highest BCUT2D eigenvalue weighted by molar-refractivity contribution is 7.71. The smallest absolute Gasteiger partial charge is 0.202 e. The normalized spacial score (nSPS) is 10.5. The van der Waals surface area contributed by atoms with Crippen LogP contribution in [-0.2, 0) is 6.54 Å². The molecule has 0 saturated heterocycles. The fraction of sp³-hybridized carbons (Fsp3) is 0.0667. The third kappa shape index (κ3) is 2.48. The molecule has 0 aliphatic carbocycles. The van der Waals surface area contributed by atoms with Crippen molar-refractivity contribution >= 4 is 12.2 Å². The van der Waals surface area contributed by atoms with E-state index in [1.807, 2.05) is 57.8 Å². The SMILES string of the molecule is S=c1n(-c2ccccc2)cnn1Cc1ccccc1. The Morgan fingerprint density at radius 2 is 1.53 bits per heavy atom. The van der Waals surface area contributed by atoms with Gasteiger partial charge in [-0.3, -0.25) is 4.57 Å². The van der Waals surface area contributed by atoms with E-state index in [1.54, 1.807) is 6.33 Å². The molecule has 0 amide bonds. The summed E-state index contributed by atoms with van der Waals surface area (Å²) in [5.74, 6) is 0. The number of para-hydroxylation sites is 1. The van der Waals surface area contributed by atoms with Crippen LogP contribution in [-0.4, -0.2) is 14.3 Å². The zero-order valence-corrected chi connectivity index (χ0v) is 11.1. The largest absolute Gasteiger partial charge is 0.275 e. The molecule has 0 N–H and O–H groups in total. The number of nitrogens with zero attached hydrogens (tertiary/aromatic N) is 3. The summed E-state index contributed by atoms with van der Waals surface area (Å²) in [6, 6.07) is 20.2. The second-order valence-electron chi connectivity index (χ2n) is 4.26. The molecule has 0 atom stereocenters. The van der Waals surface area contributed by atoms with Crippen molar-refractivity contribution in [2.24, 2.45) is 0 Å². The van der Waals surface area contributed by atoms with Gasteiger partial charge in [0.15, 0.2) is 0 Å². The van der Waals surface area contributed by atoms with E-state index in [1.165, 1.54) is 5.56 Å². The van der Waals surface area contributed by atoms with Crippen molar-refractivity contribution in [2.75, 3.05) is 0 Å². The van der Waals surface area contributed by atoms with Crippen LogP contribution in [0.2, 0.25) is 0 Å². The maximum absolute atomic E-state index is 5.47. The summed E-state index contributed by atoms with van der Waals surface area (Å²) in [5.41, 5.74) is 2.23. The second kappa shape index (κ2) is 5.20. The van der Waals surface area contributed by atoms with Crippen molar-refractivity contribution in [3.05, 3.63) is 77.3 Å². The average Bonchev–Trinajstić information content (AvgIpc) is 2.82. The molecule has 2 aromatic carbocycles. The van der Waals surface area contributed by atoms with Crippen LogP contribution < -0.4 is 0 Å². The van der Waals surface area contributed by atoms with E-state index >= 15 is 0 Å². The molecule has 0 spiro atoms. The Kier molecular flexibility index (Phi) is 3.25. The van der Waals surface area contributed by atoms with Crippen LogP contribution in [0.5, 0.6) is 0 Å². The van der Waals surface area contributed by atoms with E-state index < -0.39 is 0 Å². The lowest BCUT2D eigenvalue weighted by atomic mass is 10.2. The molecular formula is C15H13N3S. The summed E-state index contributed by atoms with van der Waals surface area (Å²) in [4.78, 5) is 0. The van der Waals surface area contributed by atoms with Crippen LogP contribution in [0, 0.1) is 4.77 Å². The van der Waals surface area contributed by atoms with Crippen LogP contribution in [0.15, 0.2) is 67.0 Å². The Morgan fingerprint density at radius 1 is 0.895 bits per heavy atom. The molecule has 0 fully saturated rings. The third-order valence-corrected chi connectivity index (χ3v) is 3.35. The Labute approximate surface area is 116 Å². The molecule has 3 aromatic rings. The van der Waals surface area contributed by atoms with Gasteiger partial charge in [-0.25, -0.2) is 4.68 Å². The van der Waals surface area contributed by atoms with Gasteiger partial charge in [0.25, 0.3) is 0 Å². The minimum absolute atomic E-state index is 0.694. The van der Waals surface area contributed by atoms with Gasteiger partial charge in [0, 0.05) is 5.69 Å². The molecule has 0 bridgehead atoms. The van der Waals surface area contributed by atoms with Gasteiger partial charge in [0.1, 0.15) is 6.33 Å². The standard InChI is InChI=1S/C15H13N3S/c19-15-17(14-9-5-2-6-10-14)12-16-18(15)11-13-7-3-1-4-8-13/h1-10,12H,11H2. The van der Waals surface area contributed by atoms with Gasteiger partial charge in [-0.2, -0.15) is 5.10 Å². The monoisotopic (exact) mass is 267 g/mol. The van der Waals surface area contributed by atoms with Crippen LogP contribution in [0.4, 0.5) is 0 Å². The minimum Gasteiger partial charge on any atom is -0.275 e. The topological polar surface area (TPSA) is 22.8 Å². The lowest BCUT2D eigenvalue weighted by Gasteiger charge is -2.02. The van der Waals surface area contributed by atoms with Crippen LogP contribution in [0.1, 0.15) is 5.56 Å². The summed E-state index contributed by atoms with van der Waals surface area (Å²) < 4.78 is 4.45. The van der Waals surface area contributed by atoms with Gasteiger partial charge in [0.05, 0.1) is 6.54 Å². The summed E-state index contributed by atoms with van der Waals surface area (Å²) in [6.07, 6.45) is 1.76. The lowest BCUT2D eigenvalue weighted by molar-refractivity contribution is 0.671. The van der Waals surface area contributed by atoms with E-state index in [0.717, 1.165) is 5.69 Å². The number of rotatable bonds is 3. The quantitative estimate of drug-likeness (QED) is 0.678. The first-order chi connectivity index (χ1) is 9.34. The van der Waals surface area contributed by atoms with E-state index in [9.17, 15) is 0 Å². The number of aromatic nitrogens is 3. The summed E-state index contributed by atoms with van der Waals surface area (Å²) in [7, 11) is 0. The van der Waals surface area contributed by atoms with Crippen molar-refractivity contribution in [2.45, 2.75) is 6.54 Å². The maximum Gasteiger partial charge on any atom is 0.202 e. The summed E-state index contributed by atoms with van der Waals surface area (Å²) >= 11 is 5.47. The predicted molar refractivity (Wildman–Crippen MR) is 77.9 cm³/mol. The minimum atomic E-state index is 0.694. The molecular weight excluding hydrogens is 254 g/mol. The van der Waals surface area contributed by atoms with Gasteiger partial charge < -0.3 is 0 Å². The molecule has 0 radical (unpaired) electrons. The fourth-order valence-electron chi connectivity index (χ4n) is 1.97. The molecule has 3 rings (SSSR count). The Hall–Kier alpha value is -2.20. The summed E-state index contributed by atoms with van der Waals surface area (Å²) in [6.45, 7) is 0.694. The first kappa shape index (κ1) is 11.9. The van der Waals surface area contributed by atoms with Gasteiger partial charge in [-0.15, -0.1) is 0 Å². The van der Waals surface area contributed by atoms with E-state index in [0.29, 0.717) is 11.3 Å². The van der Waals surface area contributed by atoms with Crippen molar-refractivity contribution in [3.8, 4) is 5.69 Å². The highest BCUT2D eigenvalue weighted by Gasteiger charge is 2.03. The zero-order valence-electron chi connectivity index (χ0n) is 10.3. The number of hydrogen-bond acceptors (Lipinski definition) is 2. The van der Waals surface area contributed by atoms with Gasteiger partial charge in [0.2, 0.25) is 4.77 Å². The highest BCUT2D eigenvalue weighted by atomic mass is 32.1. The molecule has 4 heteroatoms. The van der Waals surface area contributed by atoms with Crippen molar-refractivity contribution in [1.29, 1.82) is 0 Å². The molecule has 94 valence electrons. The van der Waals surface area contributed by atoms with E-state index in [2.05, 4.69) is 17.2 Å². The maximum atomic E-state index is 5.47. The highest BCUT2D eigenvalue weighted by Crippen LogP contribution is 2.09. The lowest BCUT2D eigenvalue weighted by Crippen LogP contribution is -2.02. The first-order valence-electron chi connectivity index (χ1n) is 6.08. The Balaban J connectivity index is 1.94. The predicted octanol–water partition coefficient (Wildman–Crippen LogP) is 3.45. The van der Waals surface area contributed by atoms with Crippen molar-refractivity contribution in [3.63, 3.8) is 0 Å². The van der Waals surface area contributed by atoms with Gasteiger partial charge >= 0.3 is 0 Å². The van der Waals surface area contributed by atoms with E-state index in [4.69, 9.17) is 12.2 Å². The van der Waals surface area contributed by atoms with Gasteiger partial charge in [-0.05, 0) is 29.9 Å². The molecule has 0 aliphatic heterocycles.